The molecule has 0 bridgehead atoms. The van der Waals surface area contributed by atoms with Crippen LogP contribution in [0.4, 0.5) is 0 Å². The molecule has 0 fully saturated rings. The van der Waals surface area contributed by atoms with E-state index in [1.165, 1.54) is 6.08 Å². The topological polar surface area (TPSA) is 46.5 Å². The molecule has 0 atom stereocenters. The minimum absolute atomic E-state index is 0. The minimum atomic E-state index is -0.680. The first-order chi connectivity index (χ1) is 5.93. The maximum absolute atomic E-state index is 11.1. The van der Waals surface area contributed by atoms with E-state index in [-0.39, 0.29) is 22.8 Å². The minimum Gasteiger partial charge on any atom is -1.00 e. The Labute approximate surface area is 91.1 Å². The Morgan fingerprint density at radius 3 is 2.36 bits per heavy atom. The van der Waals surface area contributed by atoms with Crippen LogP contribution < -0.4 is 12.4 Å². The first-order valence-electron chi connectivity index (χ1n) is 4.35. The van der Waals surface area contributed by atoms with Gasteiger partial charge in [-0.2, -0.15) is 0 Å². The molecule has 0 aliphatic rings. The summed E-state index contributed by atoms with van der Waals surface area (Å²) in [5.74, 6) is -1.02. The quantitative estimate of drug-likeness (QED) is 0.270. The largest absolute Gasteiger partial charge is 1.00 e. The van der Waals surface area contributed by atoms with Crippen LogP contribution in [0.25, 0.3) is 0 Å². The van der Waals surface area contributed by atoms with Crippen LogP contribution in [-0.4, -0.2) is 36.4 Å². The number of hydrogen-bond donors (Lipinski definition) is 1. The third kappa shape index (κ3) is 5.83. The van der Waals surface area contributed by atoms with Crippen molar-refractivity contribution in [2.75, 3.05) is 20.6 Å². The molecule has 84 valence electrons. The lowest BCUT2D eigenvalue weighted by Crippen LogP contribution is -3.00. The van der Waals surface area contributed by atoms with Crippen LogP contribution in [0.1, 0.15) is 20.3 Å². The number of hydroxylamine groups is 3. The van der Waals surface area contributed by atoms with Gasteiger partial charge in [-0.3, -0.25) is 4.84 Å². The van der Waals surface area contributed by atoms with Gasteiger partial charge in [0.15, 0.2) is 0 Å². The summed E-state index contributed by atoms with van der Waals surface area (Å²) in [6.07, 6.45) is 2.23. The van der Waals surface area contributed by atoms with Crippen molar-refractivity contribution in [2.45, 2.75) is 20.3 Å². The number of nitrogens with zero attached hydrogens (tertiary/aromatic N) is 1. The number of quaternary nitrogens is 1. The molecule has 0 aromatic heterocycles. The van der Waals surface area contributed by atoms with Gasteiger partial charge in [-0.05, 0) is 19.4 Å². The van der Waals surface area contributed by atoms with Gasteiger partial charge < -0.3 is 17.5 Å². The molecule has 0 saturated carbocycles. The second-order valence-corrected chi connectivity index (χ2v) is 3.35. The maximum Gasteiger partial charge on any atom is 0.430 e. The molecule has 1 N–H and O–H groups in total. The highest BCUT2D eigenvalue weighted by Gasteiger charge is 2.22. The molecule has 0 saturated heterocycles. The molecule has 0 amide bonds. The molecule has 0 aliphatic heterocycles. The fraction of sp³-hybridized carbons (Fsp3) is 0.667. The molecule has 0 rings (SSSR count). The smallest absolute Gasteiger partial charge is 0.430 e. The van der Waals surface area contributed by atoms with Gasteiger partial charge in [-0.25, -0.2) is 4.79 Å². The summed E-state index contributed by atoms with van der Waals surface area (Å²) in [7, 11) is 3.54. The molecule has 0 aromatic rings. The lowest BCUT2D eigenvalue weighted by molar-refractivity contribution is -1.06. The van der Waals surface area contributed by atoms with E-state index in [0.29, 0.717) is 0 Å². The summed E-state index contributed by atoms with van der Waals surface area (Å²) in [5.41, 5.74) is 0. The maximum atomic E-state index is 11.1. The van der Waals surface area contributed by atoms with E-state index in [9.17, 15) is 4.79 Å². The van der Waals surface area contributed by atoms with Crippen molar-refractivity contribution < 1.29 is 31.8 Å². The van der Waals surface area contributed by atoms with Crippen LogP contribution >= 0.6 is 0 Å². The zero-order valence-corrected chi connectivity index (χ0v) is 9.84. The second-order valence-electron chi connectivity index (χ2n) is 3.35. The summed E-state index contributed by atoms with van der Waals surface area (Å²) in [6, 6.07) is 0. The van der Waals surface area contributed by atoms with Gasteiger partial charge in [0.2, 0.25) is 5.76 Å². The number of allylic oxidation sites excluding steroid dienone is 1. The lowest BCUT2D eigenvalue weighted by atomic mass is 10.4. The fourth-order valence-corrected chi connectivity index (χ4v) is 0.973. The Morgan fingerprint density at radius 2 is 2.00 bits per heavy atom. The van der Waals surface area contributed by atoms with E-state index in [1.807, 2.05) is 6.92 Å². The average Bonchev–Trinajstić information content (AvgIpc) is 2.01. The van der Waals surface area contributed by atoms with Gasteiger partial charge in [0.05, 0.1) is 0 Å². The monoisotopic (exact) mass is 223 g/mol. The van der Waals surface area contributed by atoms with Crippen LogP contribution in [-0.2, 0) is 9.63 Å². The fourth-order valence-electron chi connectivity index (χ4n) is 0.973. The number of halogens is 1. The van der Waals surface area contributed by atoms with Crippen molar-refractivity contribution >= 4 is 5.97 Å². The van der Waals surface area contributed by atoms with Crippen LogP contribution in [0.2, 0.25) is 0 Å². The molecule has 14 heavy (non-hydrogen) atoms. The zero-order chi connectivity index (χ0) is 10.5. The molecule has 0 aliphatic carbocycles. The zero-order valence-electron chi connectivity index (χ0n) is 9.08. The Bertz CT molecular complexity index is 214. The summed E-state index contributed by atoms with van der Waals surface area (Å²) in [4.78, 5) is 16.1. The predicted octanol–water partition coefficient (Wildman–Crippen LogP) is -1.60. The lowest BCUT2D eigenvalue weighted by Gasteiger charge is -2.24. The molecule has 0 unspecified atom stereocenters. The van der Waals surface area contributed by atoms with Crippen LogP contribution in [0, 0.1) is 0 Å². The Hall–Kier alpha value is -0.740. The summed E-state index contributed by atoms with van der Waals surface area (Å²) < 4.78 is 0.132. The predicted molar refractivity (Wildman–Crippen MR) is 49.7 cm³/mol. The first kappa shape index (κ1) is 15.7. The number of aliphatic hydroxyl groups is 1. The van der Waals surface area contributed by atoms with E-state index in [4.69, 9.17) is 9.94 Å². The summed E-state index contributed by atoms with van der Waals surface area (Å²) >= 11 is 0. The number of hydrogen-bond acceptors (Lipinski definition) is 3. The van der Waals surface area contributed by atoms with Crippen LogP contribution in [0.15, 0.2) is 11.8 Å². The third-order valence-corrected chi connectivity index (χ3v) is 1.57. The standard InChI is InChI=1S/C9H17NO3.ClH/c1-5-7-10(3,4)13-9(12)8(11)6-2;/h6H,5,7H2,1-4H3;1H. The van der Waals surface area contributed by atoms with Crippen molar-refractivity contribution in [3.63, 3.8) is 0 Å². The Balaban J connectivity index is 0. The van der Waals surface area contributed by atoms with Gasteiger partial charge >= 0.3 is 5.97 Å². The SMILES string of the molecule is CC=C(O)C(=O)O[N+](C)(C)CCC.[Cl-]. The summed E-state index contributed by atoms with van der Waals surface area (Å²) in [6.45, 7) is 4.31. The molecule has 0 radical (unpaired) electrons. The second kappa shape index (κ2) is 6.68. The van der Waals surface area contributed by atoms with Gasteiger partial charge in [0.1, 0.15) is 20.6 Å². The van der Waals surface area contributed by atoms with Crippen molar-refractivity contribution in [1.82, 2.24) is 0 Å². The van der Waals surface area contributed by atoms with E-state index in [2.05, 4.69) is 0 Å². The highest BCUT2D eigenvalue weighted by molar-refractivity contribution is 5.84. The number of carbonyl (C=O) groups is 1. The van der Waals surface area contributed by atoms with Crippen molar-refractivity contribution in [3.05, 3.63) is 11.8 Å². The van der Waals surface area contributed by atoms with E-state index < -0.39 is 5.97 Å². The Morgan fingerprint density at radius 1 is 1.50 bits per heavy atom. The number of rotatable bonds is 4. The van der Waals surface area contributed by atoms with Crippen molar-refractivity contribution in [1.29, 1.82) is 0 Å². The Kier molecular flexibility index (Phi) is 7.50. The molecule has 0 spiro atoms. The molecule has 4 nitrogen and oxygen atoms in total. The summed E-state index contributed by atoms with van der Waals surface area (Å²) in [5, 5.41) is 9.03. The first-order valence-corrected chi connectivity index (χ1v) is 4.35. The molecule has 0 aromatic carbocycles. The molecular weight excluding hydrogens is 206 g/mol. The normalized spacial score (nSPS) is 11.9. The highest BCUT2D eigenvalue weighted by atomic mass is 35.5. The van der Waals surface area contributed by atoms with Crippen molar-refractivity contribution in [2.24, 2.45) is 0 Å². The van der Waals surface area contributed by atoms with Gasteiger partial charge in [-0.15, -0.1) is 4.65 Å². The van der Waals surface area contributed by atoms with Crippen molar-refractivity contribution in [3.8, 4) is 0 Å². The van der Waals surface area contributed by atoms with Crippen LogP contribution in [0.5, 0.6) is 0 Å². The van der Waals surface area contributed by atoms with Gasteiger partial charge in [0.25, 0.3) is 0 Å². The molecule has 0 heterocycles. The molecular formula is C9H18ClNO3. The van der Waals surface area contributed by atoms with E-state index in [0.717, 1.165) is 13.0 Å². The number of aliphatic hydroxyl groups excluding tert-OH is 1. The average molecular weight is 224 g/mol. The third-order valence-electron chi connectivity index (χ3n) is 1.57. The van der Waals surface area contributed by atoms with Gasteiger partial charge in [-0.1, -0.05) is 6.92 Å². The molecule has 5 heteroatoms. The number of carbonyl (C=O) groups excluding carboxylic acids is 1. The van der Waals surface area contributed by atoms with E-state index in [1.54, 1.807) is 21.0 Å². The van der Waals surface area contributed by atoms with Gasteiger partial charge in [0, 0.05) is 0 Å². The highest BCUT2D eigenvalue weighted by Crippen LogP contribution is 2.04. The van der Waals surface area contributed by atoms with Crippen LogP contribution in [0.3, 0.4) is 0 Å². The van der Waals surface area contributed by atoms with E-state index >= 15 is 0 Å².